The molecule has 1 rings (SSSR count). The van der Waals surface area contributed by atoms with E-state index in [2.05, 4.69) is 31.1 Å². The van der Waals surface area contributed by atoms with E-state index >= 15 is 0 Å². The van der Waals surface area contributed by atoms with Crippen LogP contribution in [-0.4, -0.2) is 24.3 Å². The molecular weight excluding hydrogens is 252 g/mol. The molecule has 0 atom stereocenters. The Kier molecular flexibility index (Phi) is 16.6. The highest BCUT2D eigenvalue weighted by atomic mass is 16.5. The van der Waals surface area contributed by atoms with Crippen LogP contribution in [0.4, 0.5) is 0 Å². The Morgan fingerprint density at radius 2 is 1.65 bits per heavy atom. The topological polar surface area (TPSA) is 46.5 Å². The van der Waals surface area contributed by atoms with Crippen molar-refractivity contribution >= 4 is 12.0 Å². The fourth-order valence-electron chi connectivity index (χ4n) is 0.794. The van der Waals surface area contributed by atoms with Crippen molar-refractivity contribution < 1.29 is 14.6 Å². The number of allylic oxidation sites excluding steroid dienone is 2. The zero-order valence-corrected chi connectivity index (χ0v) is 11.7. The Morgan fingerprint density at radius 3 is 1.95 bits per heavy atom. The Hall–Kier alpha value is -2.39. The van der Waals surface area contributed by atoms with Crippen molar-refractivity contribution in [3.63, 3.8) is 0 Å². The summed E-state index contributed by atoms with van der Waals surface area (Å²) in [5.74, 6) is -0.501. The van der Waals surface area contributed by atoms with Crippen molar-refractivity contribution in [1.29, 1.82) is 0 Å². The predicted molar refractivity (Wildman–Crippen MR) is 85.2 cm³/mol. The Balaban J connectivity index is 0. The van der Waals surface area contributed by atoms with E-state index in [-0.39, 0.29) is 13.2 Å². The highest BCUT2D eigenvalue weighted by molar-refractivity contribution is 5.81. The highest BCUT2D eigenvalue weighted by Crippen LogP contribution is 1.97. The number of carbonyl (C=O) groups is 1. The first-order valence-corrected chi connectivity index (χ1v) is 5.97. The Bertz CT molecular complexity index is 388. The summed E-state index contributed by atoms with van der Waals surface area (Å²) < 4.78 is 4.33. The van der Waals surface area contributed by atoms with Gasteiger partial charge in [-0.3, -0.25) is 0 Å². The van der Waals surface area contributed by atoms with E-state index in [0.717, 1.165) is 6.08 Å². The number of rotatable bonds is 5. The van der Waals surface area contributed by atoms with Gasteiger partial charge in [-0.2, -0.15) is 0 Å². The van der Waals surface area contributed by atoms with E-state index in [1.165, 1.54) is 5.56 Å². The molecule has 0 saturated heterocycles. The van der Waals surface area contributed by atoms with Gasteiger partial charge in [-0.15, -0.1) is 0 Å². The van der Waals surface area contributed by atoms with Crippen LogP contribution >= 0.6 is 0 Å². The third-order valence-electron chi connectivity index (χ3n) is 1.70. The number of aliphatic hydroxyl groups is 1. The molecular formula is C17H22O3. The monoisotopic (exact) mass is 274 g/mol. The summed E-state index contributed by atoms with van der Waals surface area (Å²) in [5, 5.41) is 8.10. The Morgan fingerprint density at radius 1 is 1.10 bits per heavy atom. The number of hydrogen-bond donors (Lipinski definition) is 1. The summed E-state index contributed by atoms with van der Waals surface area (Å²) >= 11 is 0. The molecule has 108 valence electrons. The van der Waals surface area contributed by atoms with Gasteiger partial charge in [0.25, 0.3) is 0 Å². The van der Waals surface area contributed by atoms with Crippen LogP contribution in [0, 0.1) is 0 Å². The van der Waals surface area contributed by atoms with Crippen molar-refractivity contribution in [2.24, 2.45) is 0 Å². The van der Waals surface area contributed by atoms with Gasteiger partial charge in [-0.25, -0.2) is 4.79 Å². The van der Waals surface area contributed by atoms with Gasteiger partial charge in [0, 0.05) is 6.08 Å². The molecule has 3 heteroatoms. The van der Waals surface area contributed by atoms with Crippen molar-refractivity contribution in [3.05, 3.63) is 80.4 Å². The normalized spacial score (nSPS) is 7.65. The number of carbonyl (C=O) groups excluding carboxylic acids is 1. The lowest BCUT2D eigenvalue weighted by molar-refractivity contribution is -0.138. The number of ether oxygens (including phenoxy) is 1. The second-order valence-corrected chi connectivity index (χ2v) is 3.18. The van der Waals surface area contributed by atoms with E-state index in [9.17, 15) is 4.79 Å². The largest absolute Gasteiger partial charge is 0.460 e. The van der Waals surface area contributed by atoms with Crippen LogP contribution in [0.1, 0.15) is 5.56 Å². The molecule has 0 aromatic heterocycles. The quantitative estimate of drug-likeness (QED) is 0.508. The molecule has 1 aromatic rings. The number of esters is 1. The zero-order valence-electron chi connectivity index (χ0n) is 11.7. The second-order valence-electron chi connectivity index (χ2n) is 3.18. The minimum absolute atomic E-state index is 0.0465. The molecule has 0 amide bonds. The molecule has 0 radical (unpaired) electrons. The molecule has 0 spiro atoms. The fourth-order valence-corrected chi connectivity index (χ4v) is 0.794. The van der Waals surface area contributed by atoms with Gasteiger partial charge in [-0.1, -0.05) is 74.9 Å². The minimum atomic E-state index is -0.501. The summed E-state index contributed by atoms with van der Waals surface area (Å²) in [6, 6.07) is 10.0. The average molecular weight is 274 g/mol. The molecule has 3 nitrogen and oxygen atoms in total. The van der Waals surface area contributed by atoms with E-state index in [1.807, 2.05) is 36.4 Å². The van der Waals surface area contributed by atoms with Crippen LogP contribution in [-0.2, 0) is 9.53 Å². The molecule has 0 aliphatic carbocycles. The maximum atomic E-state index is 10.1. The number of aliphatic hydroxyl groups excluding tert-OH is 1. The summed E-state index contributed by atoms with van der Waals surface area (Å²) in [4.78, 5) is 10.1. The minimum Gasteiger partial charge on any atom is -0.460 e. The molecule has 1 N–H and O–H groups in total. The summed E-state index contributed by atoms with van der Waals surface area (Å²) in [6.45, 7) is 13.4. The van der Waals surface area contributed by atoms with Crippen LogP contribution in [0.5, 0.6) is 0 Å². The van der Waals surface area contributed by atoms with Gasteiger partial charge in [-0.05, 0) is 5.56 Å². The number of benzene rings is 1. The highest BCUT2D eigenvalue weighted by Gasteiger charge is 1.90. The molecule has 0 unspecified atom stereocenters. The van der Waals surface area contributed by atoms with Gasteiger partial charge in [0.2, 0.25) is 0 Å². The smallest absolute Gasteiger partial charge is 0.330 e. The van der Waals surface area contributed by atoms with Gasteiger partial charge in [0.05, 0.1) is 6.61 Å². The summed E-state index contributed by atoms with van der Waals surface area (Å²) in [6.07, 6.45) is 6.16. The second kappa shape index (κ2) is 16.6. The van der Waals surface area contributed by atoms with Crippen molar-refractivity contribution in [2.75, 3.05) is 13.2 Å². The first-order chi connectivity index (χ1) is 9.65. The molecule has 1 aromatic carbocycles. The number of hydrogen-bond acceptors (Lipinski definition) is 3. The van der Waals surface area contributed by atoms with E-state index in [0.29, 0.717) is 0 Å². The van der Waals surface area contributed by atoms with Gasteiger partial charge < -0.3 is 9.84 Å². The zero-order chi connectivity index (χ0) is 15.6. The molecule has 20 heavy (non-hydrogen) atoms. The van der Waals surface area contributed by atoms with E-state index in [1.54, 1.807) is 12.2 Å². The standard InChI is InChI=1S/C8H8.C5H8O3.C4H6/c1-2-8-6-4-3-5-7-8;1-2-5(7)8-4-3-6;1-3-4-2/h2-7H,1H2;2,6H,1,3-4H2;3-4H,1-2H2. The first kappa shape index (κ1) is 19.9. The average Bonchev–Trinajstić information content (AvgIpc) is 2.54. The summed E-state index contributed by atoms with van der Waals surface area (Å²) in [5.41, 5.74) is 1.17. The SMILES string of the molecule is C=CC(=O)OCCO.C=CC=C.C=Cc1ccccc1. The lowest BCUT2D eigenvalue weighted by Crippen LogP contribution is -2.04. The predicted octanol–water partition coefficient (Wildman–Crippen LogP) is 3.40. The van der Waals surface area contributed by atoms with Gasteiger partial charge in [0.1, 0.15) is 6.61 Å². The van der Waals surface area contributed by atoms with Gasteiger partial charge >= 0.3 is 5.97 Å². The molecule has 0 aliphatic rings. The Labute approximate surface area is 121 Å². The van der Waals surface area contributed by atoms with Crippen LogP contribution < -0.4 is 0 Å². The third kappa shape index (κ3) is 15.6. The molecule has 0 heterocycles. The molecule has 0 saturated carbocycles. The van der Waals surface area contributed by atoms with Crippen LogP contribution in [0.25, 0.3) is 6.08 Å². The molecule has 0 aliphatic heterocycles. The van der Waals surface area contributed by atoms with E-state index in [4.69, 9.17) is 5.11 Å². The van der Waals surface area contributed by atoms with Gasteiger partial charge in [0.15, 0.2) is 0 Å². The third-order valence-corrected chi connectivity index (χ3v) is 1.70. The van der Waals surface area contributed by atoms with Crippen LogP contribution in [0.2, 0.25) is 0 Å². The molecule has 0 bridgehead atoms. The fraction of sp³-hybridized carbons (Fsp3) is 0.118. The lowest BCUT2D eigenvalue weighted by Gasteiger charge is -1.94. The van der Waals surface area contributed by atoms with Crippen molar-refractivity contribution in [3.8, 4) is 0 Å². The van der Waals surface area contributed by atoms with Crippen LogP contribution in [0.15, 0.2) is 74.9 Å². The molecule has 0 fully saturated rings. The van der Waals surface area contributed by atoms with Crippen molar-refractivity contribution in [2.45, 2.75) is 0 Å². The first-order valence-electron chi connectivity index (χ1n) is 5.97. The maximum absolute atomic E-state index is 10.1. The van der Waals surface area contributed by atoms with E-state index < -0.39 is 5.97 Å². The maximum Gasteiger partial charge on any atom is 0.330 e. The summed E-state index contributed by atoms with van der Waals surface area (Å²) in [7, 11) is 0. The lowest BCUT2D eigenvalue weighted by atomic mass is 10.2. The van der Waals surface area contributed by atoms with Crippen LogP contribution in [0.3, 0.4) is 0 Å². The van der Waals surface area contributed by atoms with Crippen molar-refractivity contribution in [1.82, 2.24) is 0 Å².